The van der Waals surface area contributed by atoms with Gasteiger partial charge in [0.05, 0.1) is 5.41 Å². The molecule has 0 spiro atoms. The number of aryl methyl sites for hydroxylation is 1. The van der Waals surface area contributed by atoms with Gasteiger partial charge in [0, 0.05) is 10.9 Å². The first kappa shape index (κ1) is 11.5. The summed E-state index contributed by atoms with van der Waals surface area (Å²) in [5.41, 5.74) is 1.49. The summed E-state index contributed by atoms with van der Waals surface area (Å²) in [6, 6.07) is 5.81. The van der Waals surface area contributed by atoms with Crippen LogP contribution in [0.1, 0.15) is 37.3 Å². The van der Waals surface area contributed by atoms with Crippen LogP contribution in [0.3, 0.4) is 0 Å². The van der Waals surface area contributed by atoms with Gasteiger partial charge in [-0.2, -0.15) is 0 Å². The zero-order valence-corrected chi connectivity index (χ0v) is 10.2. The van der Waals surface area contributed by atoms with Crippen LogP contribution in [0, 0.1) is 5.41 Å². The van der Waals surface area contributed by atoms with Crippen molar-refractivity contribution in [2.45, 2.75) is 32.6 Å². The minimum atomic E-state index is -0.759. The van der Waals surface area contributed by atoms with E-state index in [9.17, 15) is 9.90 Å². The van der Waals surface area contributed by atoms with Gasteiger partial charge in [0.1, 0.15) is 0 Å². The maximum Gasteiger partial charge on any atom is 0.309 e. The van der Waals surface area contributed by atoms with Crippen molar-refractivity contribution in [1.29, 1.82) is 0 Å². The van der Waals surface area contributed by atoms with Gasteiger partial charge in [-0.05, 0) is 43.9 Å². The molecule has 0 radical (unpaired) electrons. The molecule has 0 heterocycles. The number of rotatable bonds is 2. The summed E-state index contributed by atoms with van der Waals surface area (Å²) in [4.78, 5) is 11.3. The number of carboxylic acids is 1. The number of carbonyl (C=O) groups is 1. The van der Waals surface area contributed by atoms with Gasteiger partial charge in [0.15, 0.2) is 0 Å². The van der Waals surface area contributed by atoms with E-state index in [1.807, 2.05) is 18.2 Å². The van der Waals surface area contributed by atoms with Gasteiger partial charge >= 0.3 is 5.97 Å². The van der Waals surface area contributed by atoms with Crippen molar-refractivity contribution in [3.63, 3.8) is 0 Å². The second-order valence-electron chi connectivity index (χ2n) is 4.93. The lowest BCUT2D eigenvalue weighted by Crippen LogP contribution is -2.30. The first-order valence-electron chi connectivity index (χ1n) is 5.45. The van der Waals surface area contributed by atoms with E-state index in [0.717, 1.165) is 18.4 Å². The molecule has 1 aromatic carbocycles. The van der Waals surface area contributed by atoms with Crippen molar-refractivity contribution in [2.75, 3.05) is 0 Å². The molecule has 1 N–H and O–H groups in total. The van der Waals surface area contributed by atoms with Crippen molar-refractivity contribution in [2.24, 2.45) is 5.41 Å². The third kappa shape index (κ3) is 1.61. The van der Waals surface area contributed by atoms with Crippen LogP contribution in [0.5, 0.6) is 0 Å². The molecule has 3 heteroatoms. The van der Waals surface area contributed by atoms with E-state index in [2.05, 4.69) is 0 Å². The van der Waals surface area contributed by atoms with Crippen LogP contribution < -0.4 is 0 Å². The average Bonchev–Trinajstić information content (AvgIpc) is 2.63. The molecule has 2 nitrogen and oxygen atoms in total. The van der Waals surface area contributed by atoms with E-state index < -0.39 is 11.4 Å². The minimum absolute atomic E-state index is 0.0219. The van der Waals surface area contributed by atoms with E-state index >= 15 is 0 Å². The van der Waals surface area contributed by atoms with Crippen molar-refractivity contribution in [1.82, 2.24) is 0 Å². The van der Waals surface area contributed by atoms with Crippen molar-refractivity contribution >= 4 is 17.6 Å². The quantitative estimate of drug-likeness (QED) is 0.857. The van der Waals surface area contributed by atoms with Crippen LogP contribution in [0.15, 0.2) is 18.2 Å². The molecule has 0 aliphatic heterocycles. The van der Waals surface area contributed by atoms with Crippen molar-refractivity contribution in [3.05, 3.63) is 34.3 Å². The molecule has 1 atom stereocenters. The van der Waals surface area contributed by atoms with Crippen LogP contribution >= 0.6 is 11.6 Å². The monoisotopic (exact) mass is 238 g/mol. The number of benzene rings is 1. The Bertz CT molecular complexity index is 438. The van der Waals surface area contributed by atoms with Gasteiger partial charge in [-0.3, -0.25) is 4.79 Å². The largest absolute Gasteiger partial charge is 0.481 e. The first-order valence-corrected chi connectivity index (χ1v) is 5.83. The molecule has 0 bridgehead atoms. The van der Waals surface area contributed by atoms with Gasteiger partial charge < -0.3 is 5.11 Å². The van der Waals surface area contributed by atoms with E-state index in [-0.39, 0.29) is 5.92 Å². The Morgan fingerprint density at radius 3 is 2.81 bits per heavy atom. The highest BCUT2D eigenvalue weighted by Gasteiger charge is 2.41. The first-order chi connectivity index (χ1) is 7.44. The van der Waals surface area contributed by atoms with Crippen molar-refractivity contribution in [3.8, 4) is 0 Å². The van der Waals surface area contributed by atoms with Gasteiger partial charge in [0.2, 0.25) is 0 Å². The second kappa shape index (κ2) is 3.77. The Morgan fingerprint density at radius 2 is 2.19 bits per heavy atom. The SMILES string of the molecule is CC(C)(C(=O)O)C1CCc2cccc(Cl)c21. The Balaban J connectivity index is 2.48. The summed E-state index contributed by atoms with van der Waals surface area (Å²) in [7, 11) is 0. The summed E-state index contributed by atoms with van der Waals surface area (Å²) < 4.78 is 0. The van der Waals surface area contributed by atoms with Gasteiger partial charge in [-0.15, -0.1) is 0 Å². The third-order valence-electron chi connectivity index (χ3n) is 3.62. The molecule has 1 aliphatic carbocycles. The van der Waals surface area contributed by atoms with Crippen LogP contribution in [0.25, 0.3) is 0 Å². The molecule has 1 unspecified atom stereocenters. The fourth-order valence-electron chi connectivity index (χ4n) is 2.50. The minimum Gasteiger partial charge on any atom is -0.481 e. The predicted molar refractivity (Wildman–Crippen MR) is 63.9 cm³/mol. The molecular formula is C13H15ClO2. The molecule has 1 aliphatic rings. The van der Waals surface area contributed by atoms with Crippen LogP contribution in [-0.4, -0.2) is 11.1 Å². The van der Waals surface area contributed by atoms with Crippen LogP contribution in [-0.2, 0) is 11.2 Å². The lowest BCUT2D eigenvalue weighted by atomic mass is 9.75. The number of carboxylic acid groups (broad SMARTS) is 1. The Morgan fingerprint density at radius 1 is 1.50 bits per heavy atom. The second-order valence-corrected chi connectivity index (χ2v) is 5.34. The smallest absolute Gasteiger partial charge is 0.309 e. The maximum absolute atomic E-state index is 11.3. The fourth-order valence-corrected chi connectivity index (χ4v) is 2.83. The zero-order valence-electron chi connectivity index (χ0n) is 9.46. The number of hydrogen-bond donors (Lipinski definition) is 1. The molecule has 0 amide bonds. The standard InChI is InChI=1S/C13H15ClO2/c1-13(2,12(15)16)9-7-6-8-4-3-5-10(14)11(8)9/h3-5,9H,6-7H2,1-2H3,(H,15,16). The van der Waals surface area contributed by atoms with E-state index in [1.54, 1.807) is 13.8 Å². The molecule has 16 heavy (non-hydrogen) atoms. The van der Waals surface area contributed by atoms with Crippen molar-refractivity contribution < 1.29 is 9.90 Å². The summed E-state index contributed by atoms with van der Waals surface area (Å²) in [5, 5.41) is 9.98. The molecule has 86 valence electrons. The van der Waals surface area contributed by atoms with Gasteiger partial charge in [-0.25, -0.2) is 0 Å². The zero-order chi connectivity index (χ0) is 11.9. The van der Waals surface area contributed by atoms with Crippen LogP contribution in [0.2, 0.25) is 5.02 Å². The fraction of sp³-hybridized carbons (Fsp3) is 0.462. The number of aliphatic carboxylic acids is 1. The topological polar surface area (TPSA) is 37.3 Å². The number of hydrogen-bond acceptors (Lipinski definition) is 1. The molecule has 0 fully saturated rings. The molecule has 0 saturated heterocycles. The highest BCUT2D eigenvalue weighted by Crippen LogP contribution is 2.47. The lowest BCUT2D eigenvalue weighted by molar-refractivity contribution is -0.148. The molecule has 1 aromatic rings. The van der Waals surface area contributed by atoms with E-state index in [1.165, 1.54) is 5.56 Å². The predicted octanol–water partition coefficient (Wildman–Crippen LogP) is 3.48. The molecular weight excluding hydrogens is 224 g/mol. The van der Waals surface area contributed by atoms with E-state index in [0.29, 0.717) is 5.02 Å². The van der Waals surface area contributed by atoms with Crippen LogP contribution in [0.4, 0.5) is 0 Å². The van der Waals surface area contributed by atoms with Gasteiger partial charge in [-0.1, -0.05) is 23.7 Å². The Hall–Kier alpha value is -1.02. The molecule has 0 saturated carbocycles. The van der Waals surface area contributed by atoms with E-state index in [4.69, 9.17) is 11.6 Å². The molecule has 2 rings (SSSR count). The average molecular weight is 239 g/mol. The highest BCUT2D eigenvalue weighted by atomic mass is 35.5. The Labute approximate surface area is 100 Å². The maximum atomic E-state index is 11.3. The summed E-state index contributed by atoms with van der Waals surface area (Å²) >= 11 is 6.18. The summed E-state index contributed by atoms with van der Waals surface area (Å²) in [6.45, 7) is 3.55. The number of halogens is 1. The number of fused-ring (bicyclic) bond motifs is 1. The Kier molecular flexibility index (Phi) is 2.70. The van der Waals surface area contributed by atoms with Gasteiger partial charge in [0.25, 0.3) is 0 Å². The lowest BCUT2D eigenvalue weighted by Gasteiger charge is -2.28. The highest BCUT2D eigenvalue weighted by molar-refractivity contribution is 6.31. The molecule has 0 aromatic heterocycles. The normalized spacial score (nSPS) is 19.6. The third-order valence-corrected chi connectivity index (χ3v) is 3.95. The summed E-state index contributed by atoms with van der Waals surface area (Å²) in [6.07, 6.45) is 1.80. The summed E-state index contributed by atoms with van der Waals surface area (Å²) in [5.74, 6) is -0.737.